The minimum Gasteiger partial charge on any atom is -0.342 e. The molecule has 2 aliphatic heterocycles. The standard InChI is InChI=1S/C16H31N3O.ClH/c1-4-16(5-2,12-17)15(20)19-10-8-14-13(11-19)7-6-9-18(14)3;/h13-14H,4-12,17H2,1-3H3;1H. The largest absolute Gasteiger partial charge is 0.342 e. The number of likely N-dealkylation sites (tertiary alicyclic amines) is 2. The maximum Gasteiger partial charge on any atom is 0.230 e. The van der Waals surface area contributed by atoms with Crippen molar-refractivity contribution in [2.24, 2.45) is 17.1 Å². The van der Waals surface area contributed by atoms with Crippen LogP contribution in [0.3, 0.4) is 0 Å². The second kappa shape index (κ2) is 7.80. The Balaban J connectivity index is 0.00000220. The minimum absolute atomic E-state index is 0. The average Bonchev–Trinajstić information content (AvgIpc) is 2.49. The lowest BCUT2D eigenvalue weighted by Gasteiger charge is -2.47. The molecule has 2 atom stereocenters. The van der Waals surface area contributed by atoms with Gasteiger partial charge in [0, 0.05) is 25.7 Å². The molecule has 2 saturated heterocycles. The summed E-state index contributed by atoms with van der Waals surface area (Å²) in [6, 6.07) is 0.684. The molecule has 2 heterocycles. The van der Waals surface area contributed by atoms with E-state index in [0.717, 1.165) is 32.4 Å². The van der Waals surface area contributed by atoms with Crippen molar-refractivity contribution in [2.75, 3.05) is 33.2 Å². The summed E-state index contributed by atoms with van der Waals surface area (Å²) in [4.78, 5) is 17.5. The molecule has 0 aromatic carbocycles. The fraction of sp³-hybridized carbons (Fsp3) is 0.938. The van der Waals surface area contributed by atoms with Crippen LogP contribution in [-0.4, -0.2) is 55.0 Å². The van der Waals surface area contributed by atoms with Gasteiger partial charge in [-0.25, -0.2) is 0 Å². The smallest absolute Gasteiger partial charge is 0.230 e. The molecule has 4 nitrogen and oxygen atoms in total. The summed E-state index contributed by atoms with van der Waals surface area (Å²) in [5.41, 5.74) is 5.61. The Bertz CT molecular complexity index is 338. The summed E-state index contributed by atoms with van der Waals surface area (Å²) in [6.07, 6.45) is 5.36. The van der Waals surface area contributed by atoms with Crippen LogP contribution in [-0.2, 0) is 4.79 Å². The van der Waals surface area contributed by atoms with Gasteiger partial charge in [0.05, 0.1) is 5.41 Å². The Kier molecular flexibility index (Phi) is 6.95. The van der Waals surface area contributed by atoms with Gasteiger partial charge in [-0.1, -0.05) is 13.8 Å². The molecule has 0 aliphatic carbocycles. The van der Waals surface area contributed by atoms with Gasteiger partial charge in [0.2, 0.25) is 5.91 Å². The van der Waals surface area contributed by atoms with Gasteiger partial charge in [0.15, 0.2) is 0 Å². The first-order valence-corrected chi connectivity index (χ1v) is 8.27. The molecule has 2 fully saturated rings. The summed E-state index contributed by atoms with van der Waals surface area (Å²) >= 11 is 0. The van der Waals surface area contributed by atoms with Gasteiger partial charge in [-0.05, 0) is 51.6 Å². The number of halogens is 1. The van der Waals surface area contributed by atoms with E-state index in [9.17, 15) is 4.79 Å². The van der Waals surface area contributed by atoms with Crippen molar-refractivity contribution in [1.82, 2.24) is 9.80 Å². The highest BCUT2D eigenvalue weighted by Crippen LogP contribution is 2.34. The second-order valence-electron chi connectivity index (χ2n) is 6.68. The molecule has 0 aromatic heterocycles. The first kappa shape index (κ1) is 18.7. The number of amides is 1. The molecule has 0 saturated carbocycles. The quantitative estimate of drug-likeness (QED) is 0.864. The summed E-state index contributed by atoms with van der Waals surface area (Å²) in [5.74, 6) is 0.965. The van der Waals surface area contributed by atoms with Gasteiger partial charge in [0.1, 0.15) is 0 Å². The van der Waals surface area contributed by atoms with Crippen LogP contribution in [0, 0.1) is 11.3 Å². The van der Waals surface area contributed by atoms with Gasteiger partial charge < -0.3 is 15.5 Å². The number of nitrogens with zero attached hydrogens (tertiary/aromatic N) is 2. The summed E-state index contributed by atoms with van der Waals surface area (Å²) in [7, 11) is 2.23. The molecular weight excluding hydrogens is 286 g/mol. The fourth-order valence-electron chi connectivity index (χ4n) is 4.10. The summed E-state index contributed by atoms with van der Waals surface area (Å²) < 4.78 is 0. The molecule has 2 N–H and O–H groups in total. The first-order valence-electron chi connectivity index (χ1n) is 8.27. The van der Waals surface area contributed by atoms with Crippen molar-refractivity contribution in [3.05, 3.63) is 0 Å². The van der Waals surface area contributed by atoms with E-state index in [0.29, 0.717) is 24.4 Å². The molecule has 0 bridgehead atoms. The third-order valence-corrected chi connectivity index (χ3v) is 5.83. The molecule has 2 rings (SSSR count). The van der Waals surface area contributed by atoms with E-state index in [1.165, 1.54) is 19.4 Å². The summed E-state index contributed by atoms with van der Waals surface area (Å²) in [6.45, 7) is 7.72. The first-order chi connectivity index (χ1) is 9.57. The molecule has 0 radical (unpaired) electrons. The molecule has 124 valence electrons. The lowest BCUT2D eigenvalue weighted by Crippen LogP contribution is -2.57. The number of carbonyl (C=O) groups excluding carboxylic acids is 1. The molecule has 0 spiro atoms. The normalized spacial score (nSPS) is 27.0. The number of rotatable bonds is 4. The maximum atomic E-state index is 12.9. The van der Waals surface area contributed by atoms with E-state index >= 15 is 0 Å². The SMILES string of the molecule is CCC(CC)(CN)C(=O)N1CCC2C(CCCN2C)C1.Cl. The zero-order valence-electron chi connectivity index (χ0n) is 13.8. The summed E-state index contributed by atoms with van der Waals surface area (Å²) in [5, 5.41) is 0. The number of carbonyl (C=O) groups is 1. The Morgan fingerprint density at radius 3 is 2.48 bits per heavy atom. The molecule has 5 heteroatoms. The molecular formula is C16H32ClN3O. The highest BCUT2D eigenvalue weighted by Gasteiger charge is 2.41. The molecule has 2 unspecified atom stereocenters. The predicted octanol–water partition coefficient (Wildman–Crippen LogP) is 2.12. The lowest BCUT2D eigenvalue weighted by atomic mass is 9.78. The van der Waals surface area contributed by atoms with Crippen molar-refractivity contribution in [2.45, 2.75) is 52.0 Å². The van der Waals surface area contributed by atoms with E-state index in [1.807, 2.05) is 0 Å². The van der Waals surface area contributed by atoms with Crippen molar-refractivity contribution in [3.8, 4) is 0 Å². The minimum atomic E-state index is -0.326. The van der Waals surface area contributed by atoms with Gasteiger partial charge in [0.25, 0.3) is 0 Å². The number of piperidine rings is 2. The molecule has 21 heavy (non-hydrogen) atoms. The zero-order chi connectivity index (χ0) is 14.8. The van der Waals surface area contributed by atoms with E-state index in [4.69, 9.17) is 5.73 Å². The predicted molar refractivity (Wildman–Crippen MR) is 89.7 cm³/mol. The van der Waals surface area contributed by atoms with E-state index < -0.39 is 0 Å². The van der Waals surface area contributed by atoms with Crippen molar-refractivity contribution >= 4 is 18.3 Å². The van der Waals surface area contributed by atoms with Crippen LogP contribution in [0.2, 0.25) is 0 Å². The van der Waals surface area contributed by atoms with Crippen LogP contribution in [0.4, 0.5) is 0 Å². The zero-order valence-corrected chi connectivity index (χ0v) is 14.6. The number of nitrogens with two attached hydrogens (primary N) is 1. The highest BCUT2D eigenvalue weighted by atomic mass is 35.5. The Labute approximate surface area is 135 Å². The van der Waals surface area contributed by atoms with Gasteiger partial charge in [-0.15, -0.1) is 12.4 Å². The Morgan fingerprint density at radius 2 is 1.90 bits per heavy atom. The van der Waals surface area contributed by atoms with Crippen LogP contribution in [0.1, 0.15) is 46.0 Å². The van der Waals surface area contributed by atoms with Gasteiger partial charge in [-0.2, -0.15) is 0 Å². The van der Waals surface area contributed by atoms with Crippen LogP contribution in [0.25, 0.3) is 0 Å². The number of hydrogen-bond donors (Lipinski definition) is 1. The number of fused-ring (bicyclic) bond motifs is 1. The second-order valence-corrected chi connectivity index (χ2v) is 6.68. The lowest BCUT2D eigenvalue weighted by molar-refractivity contribution is -0.145. The Morgan fingerprint density at radius 1 is 1.24 bits per heavy atom. The fourth-order valence-corrected chi connectivity index (χ4v) is 4.10. The van der Waals surface area contributed by atoms with E-state index in [1.54, 1.807) is 0 Å². The van der Waals surface area contributed by atoms with Crippen LogP contribution >= 0.6 is 12.4 Å². The van der Waals surface area contributed by atoms with E-state index in [-0.39, 0.29) is 17.8 Å². The molecule has 2 aliphatic rings. The molecule has 1 amide bonds. The van der Waals surface area contributed by atoms with Crippen LogP contribution in [0.15, 0.2) is 0 Å². The molecule has 0 aromatic rings. The van der Waals surface area contributed by atoms with Crippen molar-refractivity contribution < 1.29 is 4.79 Å². The number of hydrogen-bond acceptors (Lipinski definition) is 3. The third kappa shape index (κ3) is 3.54. The van der Waals surface area contributed by atoms with Crippen LogP contribution < -0.4 is 5.73 Å². The Hall–Kier alpha value is -0.320. The van der Waals surface area contributed by atoms with Crippen LogP contribution in [0.5, 0.6) is 0 Å². The highest BCUT2D eigenvalue weighted by molar-refractivity contribution is 5.85. The monoisotopic (exact) mass is 317 g/mol. The maximum absolute atomic E-state index is 12.9. The third-order valence-electron chi connectivity index (χ3n) is 5.83. The van der Waals surface area contributed by atoms with Gasteiger partial charge >= 0.3 is 0 Å². The van der Waals surface area contributed by atoms with Gasteiger partial charge in [-0.3, -0.25) is 4.79 Å². The van der Waals surface area contributed by atoms with Crippen molar-refractivity contribution in [3.63, 3.8) is 0 Å². The topological polar surface area (TPSA) is 49.6 Å². The average molecular weight is 318 g/mol. The van der Waals surface area contributed by atoms with Crippen molar-refractivity contribution in [1.29, 1.82) is 0 Å². The van der Waals surface area contributed by atoms with E-state index in [2.05, 4.69) is 30.7 Å².